The van der Waals surface area contributed by atoms with E-state index in [1.54, 1.807) is 0 Å². The van der Waals surface area contributed by atoms with E-state index in [2.05, 4.69) is 13.0 Å². The molecule has 2 saturated carbocycles. The Morgan fingerprint density at radius 1 is 0.953 bits per heavy atom. The van der Waals surface area contributed by atoms with Crippen LogP contribution >= 0.6 is 0 Å². The van der Waals surface area contributed by atoms with E-state index >= 15 is 0 Å². The normalized spacial score (nSPS) is 29.5. The number of carboxylic acids is 1. The molecule has 1 aromatic carbocycles. The first kappa shape index (κ1) is 34.0. The third-order valence-corrected chi connectivity index (χ3v) is 11.3. The van der Waals surface area contributed by atoms with Crippen molar-refractivity contribution in [1.82, 2.24) is 0 Å². The van der Waals surface area contributed by atoms with Gasteiger partial charge in [0.05, 0.1) is 12.0 Å². The lowest BCUT2D eigenvalue weighted by molar-refractivity contribution is -0.284. The summed E-state index contributed by atoms with van der Waals surface area (Å²) in [5, 5.41) is 30.4. The average molecular weight is 617 g/mol. The van der Waals surface area contributed by atoms with Crippen molar-refractivity contribution >= 4 is 5.97 Å². The van der Waals surface area contributed by atoms with Crippen LogP contribution in [0.4, 0.5) is 22.0 Å². The third-order valence-electron chi connectivity index (χ3n) is 11.3. The molecule has 244 valence electrons. The lowest BCUT2D eigenvalue weighted by Crippen LogP contribution is -2.47. The standard InChI is InChI=1S/C34H49F5O4/c1-32-19-17-27-26-14-13-25(40)21-24(26)20-23(30(27)28(32)15-16-29(32)41)11-8-6-4-2-3-5-7-10-22(31(42)43)12-9-18-33(35,36)34(37,38)39/h13-14,21-23,27-30,40-41H,2-12,15-20H2,1H3,(H,42,43)/t22?,23?,27?,28?,29?,30?,32-/m0/s1. The first-order chi connectivity index (χ1) is 20.2. The number of phenolic OH excluding ortho intramolecular Hbond substituents is 1. The van der Waals surface area contributed by atoms with Crippen LogP contribution in [0.15, 0.2) is 18.2 Å². The van der Waals surface area contributed by atoms with Gasteiger partial charge in [0.25, 0.3) is 0 Å². The number of halogens is 5. The van der Waals surface area contributed by atoms with Crippen LogP contribution < -0.4 is 0 Å². The summed E-state index contributed by atoms with van der Waals surface area (Å²) in [7, 11) is 0. The Balaban J connectivity index is 1.17. The molecule has 0 aromatic heterocycles. The Bertz CT molecular complexity index is 1080. The minimum absolute atomic E-state index is 0.00162. The highest BCUT2D eigenvalue weighted by atomic mass is 19.4. The summed E-state index contributed by atoms with van der Waals surface area (Å²) in [4.78, 5) is 11.5. The van der Waals surface area contributed by atoms with E-state index in [9.17, 15) is 42.1 Å². The van der Waals surface area contributed by atoms with Crippen LogP contribution in [0.25, 0.3) is 0 Å². The van der Waals surface area contributed by atoms with Gasteiger partial charge in [-0.1, -0.05) is 57.9 Å². The van der Waals surface area contributed by atoms with Crippen LogP contribution in [0.1, 0.15) is 127 Å². The molecule has 0 amide bonds. The van der Waals surface area contributed by atoms with E-state index in [1.807, 2.05) is 12.1 Å². The molecule has 0 radical (unpaired) electrons. The minimum atomic E-state index is -5.60. The molecule has 9 heteroatoms. The maximum Gasteiger partial charge on any atom is 0.453 e. The first-order valence-electron chi connectivity index (χ1n) is 16.4. The van der Waals surface area contributed by atoms with E-state index in [0.29, 0.717) is 42.3 Å². The van der Waals surface area contributed by atoms with Crippen LogP contribution in [0.3, 0.4) is 0 Å². The number of aromatic hydroxyl groups is 1. The number of hydrogen-bond acceptors (Lipinski definition) is 3. The van der Waals surface area contributed by atoms with Gasteiger partial charge in [-0.25, -0.2) is 0 Å². The number of alkyl halides is 5. The maximum atomic E-state index is 13.1. The fraction of sp³-hybridized carbons (Fsp3) is 0.794. The molecule has 3 aliphatic rings. The molecule has 3 N–H and O–H groups in total. The van der Waals surface area contributed by atoms with Gasteiger partial charge in [0, 0.05) is 6.42 Å². The molecular weight excluding hydrogens is 567 g/mol. The Kier molecular flexibility index (Phi) is 11.1. The van der Waals surface area contributed by atoms with Crippen molar-refractivity contribution in [3.05, 3.63) is 29.3 Å². The fourth-order valence-electron chi connectivity index (χ4n) is 8.82. The van der Waals surface area contributed by atoms with Crippen molar-refractivity contribution in [3.8, 4) is 5.75 Å². The smallest absolute Gasteiger partial charge is 0.453 e. The van der Waals surface area contributed by atoms with E-state index in [0.717, 1.165) is 77.0 Å². The quantitative estimate of drug-likeness (QED) is 0.136. The number of phenols is 1. The Morgan fingerprint density at radius 2 is 1.60 bits per heavy atom. The van der Waals surface area contributed by atoms with Crippen LogP contribution in [-0.4, -0.2) is 39.5 Å². The summed E-state index contributed by atoms with van der Waals surface area (Å²) in [6.07, 6.45) is 5.39. The molecule has 3 aliphatic carbocycles. The predicted octanol–water partition coefficient (Wildman–Crippen LogP) is 9.41. The Hall–Kier alpha value is -1.90. The van der Waals surface area contributed by atoms with Crippen LogP contribution in [0, 0.1) is 29.1 Å². The highest BCUT2D eigenvalue weighted by molar-refractivity contribution is 5.69. The molecule has 2 fully saturated rings. The second kappa shape index (κ2) is 14.0. The Morgan fingerprint density at radius 3 is 2.28 bits per heavy atom. The summed E-state index contributed by atoms with van der Waals surface area (Å²) in [6, 6.07) is 5.88. The Labute approximate surface area is 252 Å². The molecule has 43 heavy (non-hydrogen) atoms. The summed E-state index contributed by atoms with van der Waals surface area (Å²) >= 11 is 0. The van der Waals surface area contributed by atoms with Gasteiger partial charge in [0.15, 0.2) is 0 Å². The van der Waals surface area contributed by atoms with Crippen molar-refractivity contribution in [2.24, 2.45) is 29.1 Å². The number of rotatable bonds is 15. The van der Waals surface area contributed by atoms with Crippen molar-refractivity contribution < 1.29 is 42.1 Å². The van der Waals surface area contributed by atoms with Crippen LogP contribution in [-0.2, 0) is 11.2 Å². The van der Waals surface area contributed by atoms with Gasteiger partial charge in [-0.05, 0) is 110 Å². The largest absolute Gasteiger partial charge is 0.508 e. The summed E-state index contributed by atoms with van der Waals surface area (Å²) < 4.78 is 63.2. The topological polar surface area (TPSA) is 77.8 Å². The second-order valence-corrected chi connectivity index (χ2v) is 14.0. The lowest BCUT2D eigenvalue weighted by atomic mass is 9.52. The summed E-state index contributed by atoms with van der Waals surface area (Å²) in [6.45, 7) is 2.29. The second-order valence-electron chi connectivity index (χ2n) is 14.0. The number of aliphatic carboxylic acids is 1. The third kappa shape index (κ3) is 7.85. The van der Waals surface area contributed by atoms with Crippen LogP contribution in [0.5, 0.6) is 5.75 Å². The number of unbranched alkanes of at least 4 members (excludes halogenated alkanes) is 6. The van der Waals surface area contributed by atoms with Gasteiger partial charge in [-0.2, -0.15) is 22.0 Å². The number of carboxylic acid groups (broad SMARTS) is 1. The van der Waals surface area contributed by atoms with Gasteiger partial charge in [-0.3, -0.25) is 4.79 Å². The van der Waals surface area contributed by atoms with Crippen molar-refractivity contribution in [1.29, 1.82) is 0 Å². The average Bonchev–Trinajstić information content (AvgIpc) is 3.23. The number of aliphatic hydroxyl groups excluding tert-OH is 1. The van der Waals surface area contributed by atoms with Gasteiger partial charge in [0.1, 0.15) is 5.75 Å². The number of aliphatic hydroxyl groups is 1. The molecule has 1 aromatic rings. The lowest BCUT2D eigenvalue weighted by Gasteiger charge is -2.53. The van der Waals surface area contributed by atoms with Crippen molar-refractivity contribution in [2.75, 3.05) is 0 Å². The molecule has 7 atom stereocenters. The van der Waals surface area contributed by atoms with Gasteiger partial charge < -0.3 is 15.3 Å². The number of benzene rings is 1. The zero-order valence-electron chi connectivity index (χ0n) is 25.4. The molecule has 4 nitrogen and oxygen atoms in total. The molecule has 4 rings (SSSR count). The molecule has 0 heterocycles. The van der Waals surface area contributed by atoms with E-state index in [-0.39, 0.29) is 17.9 Å². The predicted molar refractivity (Wildman–Crippen MR) is 155 cm³/mol. The maximum absolute atomic E-state index is 13.1. The minimum Gasteiger partial charge on any atom is -0.508 e. The van der Waals surface area contributed by atoms with E-state index in [1.165, 1.54) is 11.1 Å². The highest BCUT2D eigenvalue weighted by Gasteiger charge is 2.57. The molecular formula is C34H49F5O4. The highest BCUT2D eigenvalue weighted by Crippen LogP contribution is 2.62. The number of fused-ring (bicyclic) bond motifs is 5. The van der Waals surface area contributed by atoms with Gasteiger partial charge in [0.2, 0.25) is 0 Å². The van der Waals surface area contributed by atoms with E-state index in [4.69, 9.17) is 0 Å². The molecule has 0 bridgehead atoms. The SMILES string of the molecule is C[C@]12CCC3c4ccc(O)cc4CC(CCCCCCCCCC(CCCC(F)(F)C(F)(F)F)C(=O)O)C3C1CCC2O. The summed E-state index contributed by atoms with van der Waals surface area (Å²) in [5.41, 5.74) is 2.68. The van der Waals surface area contributed by atoms with Gasteiger partial charge >= 0.3 is 18.1 Å². The first-order valence-corrected chi connectivity index (χ1v) is 16.4. The van der Waals surface area contributed by atoms with Crippen molar-refractivity contribution in [2.45, 2.75) is 140 Å². The number of carbonyl (C=O) groups is 1. The van der Waals surface area contributed by atoms with E-state index < -0.39 is 36.8 Å². The molecule has 0 spiro atoms. The fourth-order valence-corrected chi connectivity index (χ4v) is 8.82. The zero-order valence-corrected chi connectivity index (χ0v) is 25.4. The van der Waals surface area contributed by atoms with Crippen LogP contribution in [0.2, 0.25) is 0 Å². The number of hydrogen-bond donors (Lipinski definition) is 3. The van der Waals surface area contributed by atoms with Crippen molar-refractivity contribution in [3.63, 3.8) is 0 Å². The monoisotopic (exact) mass is 616 g/mol. The zero-order chi connectivity index (χ0) is 31.4. The molecule has 0 saturated heterocycles. The molecule has 6 unspecified atom stereocenters. The molecule has 0 aliphatic heterocycles. The van der Waals surface area contributed by atoms with Gasteiger partial charge in [-0.15, -0.1) is 0 Å². The summed E-state index contributed by atoms with van der Waals surface area (Å²) in [5.74, 6) is -4.35.